The van der Waals surface area contributed by atoms with Gasteiger partial charge in [-0.3, -0.25) is 0 Å². The topological polar surface area (TPSA) is 44.0 Å². The molecular weight excluding hydrogens is 201 g/mol. The van der Waals surface area contributed by atoms with E-state index in [-0.39, 0.29) is 17.3 Å². The lowest BCUT2D eigenvalue weighted by Crippen LogP contribution is -1.83. The van der Waals surface area contributed by atoms with Crippen molar-refractivity contribution >= 4 is 21.4 Å². The Bertz CT molecular complexity index is 527. The lowest BCUT2D eigenvalue weighted by Gasteiger charge is -1.93. The molecule has 0 atom stereocenters. The van der Waals surface area contributed by atoms with Gasteiger partial charge in [0, 0.05) is 15.6 Å². The minimum Gasteiger partial charge on any atom is -0.392 e. The van der Waals surface area contributed by atoms with Crippen LogP contribution >= 0.6 is 11.3 Å². The first-order valence-corrected chi connectivity index (χ1v) is 4.80. The highest BCUT2D eigenvalue weighted by Gasteiger charge is 2.11. The van der Waals surface area contributed by atoms with E-state index in [1.165, 1.54) is 0 Å². The van der Waals surface area contributed by atoms with E-state index in [2.05, 4.69) is 0 Å². The molecular formula is C10H6FNOS. The van der Waals surface area contributed by atoms with Gasteiger partial charge in [-0.05, 0) is 18.2 Å². The summed E-state index contributed by atoms with van der Waals surface area (Å²) < 4.78 is 14.0. The zero-order valence-electron chi connectivity index (χ0n) is 7.12. The maximum absolute atomic E-state index is 13.2. The van der Waals surface area contributed by atoms with Gasteiger partial charge in [-0.2, -0.15) is 9.65 Å². The summed E-state index contributed by atoms with van der Waals surface area (Å²) in [7, 11) is 0. The normalized spacial score (nSPS) is 10.4. The Hall–Kier alpha value is -1.44. The second-order valence-electron chi connectivity index (χ2n) is 2.84. The number of hydrogen-bond donors (Lipinski definition) is 1. The zero-order valence-corrected chi connectivity index (χ0v) is 7.94. The highest BCUT2D eigenvalue weighted by Crippen LogP contribution is 2.30. The summed E-state index contributed by atoms with van der Waals surface area (Å²) in [5.74, 6) is 0. The molecule has 0 radical (unpaired) electrons. The van der Waals surface area contributed by atoms with Crippen LogP contribution in [-0.2, 0) is 6.61 Å². The van der Waals surface area contributed by atoms with E-state index in [1.807, 2.05) is 6.07 Å². The van der Waals surface area contributed by atoms with Gasteiger partial charge in [0.15, 0.2) is 5.13 Å². The minimum absolute atomic E-state index is 0.280. The van der Waals surface area contributed by atoms with E-state index in [0.717, 1.165) is 16.0 Å². The van der Waals surface area contributed by atoms with Gasteiger partial charge in [-0.1, -0.05) is 0 Å². The predicted molar refractivity (Wildman–Crippen MR) is 52.4 cm³/mol. The molecule has 0 fully saturated rings. The molecule has 0 spiro atoms. The van der Waals surface area contributed by atoms with Gasteiger partial charge in [0.05, 0.1) is 18.2 Å². The van der Waals surface area contributed by atoms with Crippen molar-refractivity contribution in [2.24, 2.45) is 0 Å². The van der Waals surface area contributed by atoms with Gasteiger partial charge in [0.25, 0.3) is 0 Å². The van der Waals surface area contributed by atoms with Crippen molar-refractivity contribution in [2.45, 2.75) is 6.61 Å². The van der Waals surface area contributed by atoms with Gasteiger partial charge in [-0.25, -0.2) is 0 Å². The molecule has 0 aliphatic heterocycles. The Morgan fingerprint density at radius 3 is 2.93 bits per heavy atom. The SMILES string of the molecule is N#Cc1ccc2sc(F)c(CO)c2c1. The van der Waals surface area contributed by atoms with E-state index in [9.17, 15) is 4.39 Å². The van der Waals surface area contributed by atoms with Crippen molar-refractivity contribution in [1.82, 2.24) is 0 Å². The lowest BCUT2D eigenvalue weighted by molar-refractivity contribution is 0.279. The lowest BCUT2D eigenvalue weighted by atomic mass is 10.1. The third-order valence-corrected chi connectivity index (χ3v) is 3.03. The van der Waals surface area contributed by atoms with Crippen LogP contribution in [0.1, 0.15) is 11.1 Å². The van der Waals surface area contributed by atoms with Crippen LogP contribution in [-0.4, -0.2) is 5.11 Å². The van der Waals surface area contributed by atoms with Gasteiger partial charge in [0.1, 0.15) is 0 Å². The summed E-state index contributed by atoms with van der Waals surface area (Å²) in [4.78, 5) is 0. The van der Waals surface area contributed by atoms with Crippen molar-refractivity contribution in [3.05, 3.63) is 34.5 Å². The van der Waals surface area contributed by atoms with Crippen LogP contribution < -0.4 is 0 Å². The molecule has 0 aliphatic rings. The van der Waals surface area contributed by atoms with Crippen LogP contribution in [0, 0.1) is 16.5 Å². The molecule has 70 valence electrons. The predicted octanol–water partition coefficient (Wildman–Crippen LogP) is 2.40. The number of nitriles is 1. The Morgan fingerprint density at radius 1 is 1.50 bits per heavy atom. The first-order valence-electron chi connectivity index (χ1n) is 3.98. The maximum atomic E-state index is 13.2. The van der Waals surface area contributed by atoms with Gasteiger partial charge < -0.3 is 5.11 Å². The number of halogens is 1. The van der Waals surface area contributed by atoms with Crippen LogP contribution in [0.25, 0.3) is 10.1 Å². The van der Waals surface area contributed by atoms with Crippen molar-refractivity contribution in [1.29, 1.82) is 5.26 Å². The third kappa shape index (κ3) is 1.27. The Kier molecular flexibility index (Phi) is 2.20. The number of hydrogen-bond acceptors (Lipinski definition) is 3. The molecule has 2 rings (SSSR count). The summed E-state index contributed by atoms with van der Waals surface area (Å²) in [5, 5.41) is 17.9. The van der Waals surface area contributed by atoms with Gasteiger partial charge >= 0.3 is 0 Å². The summed E-state index contributed by atoms with van der Waals surface area (Å²) in [6.45, 7) is -0.333. The maximum Gasteiger partial charge on any atom is 0.183 e. The standard InChI is InChI=1S/C10H6FNOS/c11-10-8(5-13)7-3-6(4-12)1-2-9(7)14-10/h1-3,13H,5H2. The quantitative estimate of drug-likeness (QED) is 0.780. The Labute approximate surface area is 83.8 Å². The molecule has 4 heteroatoms. The number of benzene rings is 1. The smallest absolute Gasteiger partial charge is 0.183 e. The van der Waals surface area contributed by atoms with Crippen molar-refractivity contribution in [3.63, 3.8) is 0 Å². The number of nitrogens with zero attached hydrogens (tertiary/aromatic N) is 1. The van der Waals surface area contributed by atoms with E-state index >= 15 is 0 Å². The Balaban J connectivity index is 2.79. The van der Waals surface area contributed by atoms with E-state index < -0.39 is 0 Å². The first-order chi connectivity index (χ1) is 6.76. The summed E-state index contributed by atoms with van der Waals surface area (Å²) in [5.41, 5.74) is 0.757. The van der Waals surface area contributed by atoms with E-state index in [0.29, 0.717) is 10.9 Å². The van der Waals surface area contributed by atoms with Crippen LogP contribution in [0.2, 0.25) is 0 Å². The average Bonchev–Trinajstić information content (AvgIpc) is 2.52. The minimum atomic E-state index is -0.377. The van der Waals surface area contributed by atoms with E-state index in [4.69, 9.17) is 10.4 Å². The molecule has 1 aromatic carbocycles. The molecule has 0 amide bonds. The molecule has 2 aromatic rings. The fraction of sp³-hybridized carbons (Fsp3) is 0.100. The summed E-state index contributed by atoms with van der Waals surface area (Å²) in [6, 6.07) is 6.91. The first kappa shape index (κ1) is 9.13. The Morgan fingerprint density at radius 2 is 2.29 bits per heavy atom. The average molecular weight is 207 g/mol. The fourth-order valence-electron chi connectivity index (χ4n) is 1.34. The largest absolute Gasteiger partial charge is 0.392 e. The number of aliphatic hydroxyl groups is 1. The number of aliphatic hydroxyl groups excluding tert-OH is 1. The second-order valence-corrected chi connectivity index (χ2v) is 3.84. The van der Waals surface area contributed by atoms with Gasteiger partial charge in [0.2, 0.25) is 0 Å². The highest BCUT2D eigenvalue weighted by molar-refractivity contribution is 7.17. The second kappa shape index (κ2) is 3.37. The van der Waals surface area contributed by atoms with Crippen molar-refractivity contribution in [2.75, 3.05) is 0 Å². The number of thiophene rings is 1. The van der Waals surface area contributed by atoms with Crippen molar-refractivity contribution < 1.29 is 9.50 Å². The van der Waals surface area contributed by atoms with Crippen LogP contribution in [0.15, 0.2) is 18.2 Å². The molecule has 0 bridgehead atoms. The fourth-order valence-corrected chi connectivity index (χ4v) is 2.25. The molecule has 1 N–H and O–H groups in total. The molecule has 2 nitrogen and oxygen atoms in total. The molecule has 0 saturated carbocycles. The van der Waals surface area contributed by atoms with Crippen LogP contribution in [0.5, 0.6) is 0 Å². The number of fused-ring (bicyclic) bond motifs is 1. The molecule has 14 heavy (non-hydrogen) atoms. The molecule has 0 saturated heterocycles. The van der Waals surface area contributed by atoms with Crippen LogP contribution in [0.3, 0.4) is 0 Å². The van der Waals surface area contributed by atoms with E-state index in [1.54, 1.807) is 18.2 Å². The monoisotopic (exact) mass is 207 g/mol. The molecule has 1 aromatic heterocycles. The van der Waals surface area contributed by atoms with Crippen LogP contribution in [0.4, 0.5) is 4.39 Å². The number of rotatable bonds is 1. The summed E-state index contributed by atoms with van der Waals surface area (Å²) >= 11 is 0.986. The molecule has 0 unspecified atom stereocenters. The third-order valence-electron chi connectivity index (χ3n) is 2.03. The molecule has 1 heterocycles. The van der Waals surface area contributed by atoms with Crippen molar-refractivity contribution in [3.8, 4) is 6.07 Å². The zero-order chi connectivity index (χ0) is 10.1. The molecule has 0 aliphatic carbocycles. The van der Waals surface area contributed by atoms with Gasteiger partial charge in [-0.15, -0.1) is 11.3 Å². The highest BCUT2D eigenvalue weighted by atomic mass is 32.1. The summed E-state index contributed by atoms with van der Waals surface area (Å²) in [6.07, 6.45) is 0.